The van der Waals surface area contributed by atoms with Gasteiger partial charge in [0.05, 0.1) is 12.2 Å². The third-order valence-electron chi connectivity index (χ3n) is 6.33. The molecule has 11 heteroatoms. The van der Waals surface area contributed by atoms with Crippen LogP contribution < -0.4 is 4.90 Å². The lowest BCUT2D eigenvalue weighted by atomic mass is 9.95. The summed E-state index contributed by atoms with van der Waals surface area (Å²) in [6.45, 7) is 2.93. The van der Waals surface area contributed by atoms with Gasteiger partial charge < -0.3 is 18.6 Å². The first-order valence-electron chi connectivity index (χ1n) is 11.6. The Labute approximate surface area is 205 Å². The van der Waals surface area contributed by atoms with Gasteiger partial charge in [0.25, 0.3) is 5.89 Å². The van der Waals surface area contributed by atoms with Gasteiger partial charge in [0, 0.05) is 49.6 Å². The van der Waals surface area contributed by atoms with Gasteiger partial charge in [-0.3, -0.25) is 9.59 Å². The number of imidazole rings is 1. The summed E-state index contributed by atoms with van der Waals surface area (Å²) in [5, 5.41) is 7.06. The molecule has 0 radical (unpaired) electrons. The average Bonchev–Trinajstić information content (AvgIpc) is 3.54. The molecular weight excluding hydrogens is 470 g/mol. The SMILES string of the molecule is CC(=O)N1CCC(C(=O)N(Cc2cn3ccc(-c4nnc(C(F)F)o4)cc3n2)c2ccccc2)CC1. The number of nitrogens with zero attached hydrogens (tertiary/aromatic N) is 6. The molecule has 2 amide bonds. The van der Waals surface area contributed by atoms with Crippen LogP contribution in [0, 0.1) is 5.92 Å². The van der Waals surface area contributed by atoms with Crippen LogP contribution >= 0.6 is 0 Å². The van der Waals surface area contributed by atoms with Crippen LogP contribution in [0.1, 0.15) is 37.8 Å². The van der Waals surface area contributed by atoms with Crippen LogP contribution in [0.25, 0.3) is 17.1 Å². The number of carbonyl (C=O) groups is 2. The van der Waals surface area contributed by atoms with Gasteiger partial charge in [-0.15, -0.1) is 10.2 Å². The number of fused-ring (bicyclic) bond motifs is 1. The molecule has 36 heavy (non-hydrogen) atoms. The highest BCUT2D eigenvalue weighted by atomic mass is 19.3. The minimum Gasteiger partial charge on any atom is -0.415 e. The molecule has 186 valence electrons. The van der Waals surface area contributed by atoms with Crippen molar-refractivity contribution in [3.05, 3.63) is 66.4 Å². The highest BCUT2D eigenvalue weighted by Crippen LogP contribution is 2.27. The van der Waals surface area contributed by atoms with Crippen LogP contribution in [-0.4, -0.2) is 49.4 Å². The first-order valence-corrected chi connectivity index (χ1v) is 11.6. The highest BCUT2D eigenvalue weighted by molar-refractivity contribution is 5.95. The highest BCUT2D eigenvalue weighted by Gasteiger charge is 2.30. The first-order chi connectivity index (χ1) is 17.4. The molecule has 0 bridgehead atoms. The second-order valence-electron chi connectivity index (χ2n) is 8.70. The van der Waals surface area contributed by atoms with E-state index < -0.39 is 12.3 Å². The Kier molecular flexibility index (Phi) is 6.45. The number of rotatable bonds is 6. The largest absolute Gasteiger partial charge is 0.415 e. The summed E-state index contributed by atoms with van der Waals surface area (Å²) < 4.78 is 32.4. The number of hydrogen-bond acceptors (Lipinski definition) is 6. The summed E-state index contributed by atoms with van der Waals surface area (Å²) in [7, 11) is 0. The molecule has 0 N–H and O–H groups in total. The number of amides is 2. The number of halogens is 2. The standard InChI is InChI=1S/C25H24F2N6O3/c1-16(34)31-10-7-17(8-11-31)25(35)33(20-5-3-2-4-6-20)15-19-14-32-12-9-18(13-21(32)28-19)23-29-30-24(36-23)22(26)27/h2-6,9,12-14,17,22H,7-8,10-11,15H2,1H3. The van der Waals surface area contributed by atoms with Gasteiger partial charge in [0.2, 0.25) is 17.7 Å². The van der Waals surface area contributed by atoms with Crippen molar-refractivity contribution >= 4 is 23.1 Å². The number of anilines is 1. The molecule has 0 spiro atoms. The zero-order chi connectivity index (χ0) is 25.2. The number of pyridine rings is 1. The second kappa shape index (κ2) is 9.84. The van der Waals surface area contributed by atoms with Crippen LogP contribution in [0.2, 0.25) is 0 Å². The number of para-hydroxylation sites is 1. The monoisotopic (exact) mass is 494 g/mol. The van der Waals surface area contributed by atoms with E-state index in [1.54, 1.807) is 39.5 Å². The second-order valence-corrected chi connectivity index (χ2v) is 8.70. The van der Waals surface area contributed by atoms with Crippen molar-refractivity contribution in [3.63, 3.8) is 0 Å². The normalized spacial score (nSPS) is 14.5. The summed E-state index contributed by atoms with van der Waals surface area (Å²) >= 11 is 0. The number of hydrogen-bond donors (Lipinski definition) is 0. The van der Waals surface area contributed by atoms with E-state index in [-0.39, 0.29) is 30.2 Å². The molecule has 1 saturated heterocycles. The molecule has 4 heterocycles. The van der Waals surface area contributed by atoms with Crippen LogP contribution in [0.4, 0.5) is 14.5 Å². The first kappa shape index (κ1) is 23.6. The topological polar surface area (TPSA) is 96.8 Å². The minimum atomic E-state index is -2.84. The lowest BCUT2D eigenvalue weighted by Gasteiger charge is -2.33. The van der Waals surface area contributed by atoms with E-state index >= 15 is 0 Å². The van der Waals surface area contributed by atoms with Crippen molar-refractivity contribution in [2.45, 2.75) is 32.7 Å². The van der Waals surface area contributed by atoms with E-state index in [0.717, 1.165) is 5.69 Å². The molecule has 1 aliphatic heterocycles. The lowest BCUT2D eigenvalue weighted by Crippen LogP contribution is -2.43. The van der Waals surface area contributed by atoms with Gasteiger partial charge in [-0.05, 0) is 37.1 Å². The van der Waals surface area contributed by atoms with E-state index in [9.17, 15) is 18.4 Å². The quantitative estimate of drug-likeness (QED) is 0.400. The average molecular weight is 495 g/mol. The summed E-state index contributed by atoms with van der Waals surface area (Å²) in [5.74, 6) is -0.926. The Balaban J connectivity index is 1.39. The van der Waals surface area contributed by atoms with Gasteiger partial charge >= 0.3 is 6.43 Å². The van der Waals surface area contributed by atoms with Crippen LogP contribution in [0.5, 0.6) is 0 Å². The smallest absolute Gasteiger partial charge is 0.314 e. The molecule has 9 nitrogen and oxygen atoms in total. The minimum absolute atomic E-state index is 0.00691. The third kappa shape index (κ3) is 4.81. The Morgan fingerprint density at radius 1 is 1.14 bits per heavy atom. The van der Waals surface area contributed by atoms with Crippen LogP contribution in [-0.2, 0) is 16.1 Å². The summed E-state index contributed by atoms with van der Waals surface area (Å²) in [5.41, 5.74) is 2.44. The molecule has 4 aromatic rings. The Morgan fingerprint density at radius 3 is 2.56 bits per heavy atom. The zero-order valence-corrected chi connectivity index (χ0v) is 19.6. The van der Waals surface area contributed by atoms with Crippen molar-refractivity contribution in [1.29, 1.82) is 0 Å². The van der Waals surface area contributed by atoms with Gasteiger partial charge in [-0.2, -0.15) is 8.78 Å². The molecule has 0 unspecified atom stereocenters. The molecule has 5 rings (SSSR count). The van der Waals surface area contributed by atoms with Crippen molar-refractivity contribution in [1.82, 2.24) is 24.5 Å². The fourth-order valence-corrected chi connectivity index (χ4v) is 4.41. The predicted molar refractivity (Wildman–Crippen MR) is 126 cm³/mol. The van der Waals surface area contributed by atoms with Crippen LogP contribution in [0.15, 0.2) is 59.3 Å². The van der Waals surface area contributed by atoms with E-state index in [4.69, 9.17) is 4.42 Å². The number of aromatic nitrogens is 4. The Bertz CT molecular complexity index is 1380. The van der Waals surface area contributed by atoms with Gasteiger partial charge in [-0.1, -0.05) is 18.2 Å². The Hall–Kier alpha value is -4.15. The maximum atomic E-state index is 13.6. The van der Waals surface area contributed by atoms with Crippen molar-refractivity contribution in [3.8, 4) is 11.5 Å². The lowest BCUT2D eigenvalue weighted by molar-refractivity contribution is -0.133. The fraction of sp³-hybridized carbons (Fsp3) is 0.320. The van der Waals surface area contributed by atoms with Crippen molar-refractivity contribution in [2.75, 3.05) is 18.0 Å². The summed E-state index contributed by atoms with van der Waals surface area (Å²) in [4.78, 5) is 33.4. The Morgan fingerprint density at radius 2 is 1.89 bits per heavy atom. The van der Waals surface area contributed by atoms with Gasteiger partial charge in [-0.25, -0.2) is 4.98 Å². The summed E-state index contributed by atoms with van der Waals surface area (Å²) in [6.07, 6.45) is 1.92. The molecule has 3 aromatic heterocycles. The van der Waals surface area contributed by atoms with E-state index in [1.807, 2.05) is 36.5 Å². The van der Waals surface area contributed by atoms with E-state index in [1.165, 1.54) is 0 Å². The zero-order valence-electron chi connectivity index (χ0n) is 19.6. The number of alkyl halides is 2. The van der Waals surface area contributed by atoms with E-state index in [0.29, 0.717) is 42.8 Å². The molecule has 0 saturated carbocycles. The fourth-order valence-electron chi connectivity index (χ4n) is 4.41. The molecule has 1 aromatic carbocycles. The van der Waals surface area contributed by atoms with Crippen molar-refractivity contribution < 1.29 is 22.8 Å². The number of likely N-dealkylation sites (tertiary alicyclic amines) is 1. The van der Waals surface area contributed by atoms with Gasteiger partial charge in [0.1, 0.15) is 5.65 Å². The molecule has 0 atom stereocenters. The number of carbonyl (C=O) groups excluding carboxylic acids is 2. The molecule has 0 aliphatic carbocycles. The predicted octanol–water partition coefficient (Wildman–Crippen LogP) is 4.11. The maximum Gasteiger partial charge on any atom is 0.314 e. The molecule has 1 aliphatic rings. The van der Waals surface area contributed by atoms with Crippen LogP contribution in [0.3, 0.4) is 0 Å². The molecular formula is C25H24F2N6O3. The molecule has 1 fully saturated rings. The van der Waals surface area contributed by atoms with Crippen molar-refractivity contribution in [2.24, 2.45) is 5.92 Å². The maximum absolute atomic E-state index is 13.6. The summed E-state index contributed by atoms with van der Waals surface area (Å²) in [6, 6.07) is 12.7. The number of piperidine rings is 1. The number of benzene rings is 1. The van der Waals surface area contributed by atoms with Gasteiger partial charge in [0.15, 0.2) is 0 Å². The third-order valence-corrected chi connectivity index (χ3v) is 6.33. The van der Waals surface area contributed by atoms with E-state index in [2.05, 4.69) is 15.2 Å².